The lowest BCUT2D eigenvalue weighted by Gasteiger charge is -2.25. The van der Waals surface area contributed by atoms with Crippen LogP contribution in [0.1, 0.15) is 82.0 Å². The molecule has 0 aliphatic rings. The Morgan fingerprint density at radius 1 is 0.672 bits per heavy atom. The number of phenols is 1. The van der Waals surface area contributed by atoms with Crippen molar-refractivity contribution in [2.24, 2.45) is 0 Å². The molecule has 0 aliphatic heterocycles. The Labute approximate surface area is 337 Å². The zero-order valence-corrected chi connectivity index (χ0v) is 33.0. The predicted octanol–water partition coefficient (Wildman–Crippen LogP) is 3.42. The number of benzene rings is 3. The fourth-order valence-corrected chi connectivity index (χ4v) is 5.59. The van der Waals surface area contributed by atoms with Gasteiger partial charge in [0.25, 0.3) is 5.91 Å². The second-order valence-electron chi connectivity index (χ2n) is 14.4. The molecule has 16 nitrogen and oxygen atoms in total. The second kappa shape index (κ2) is 23.6. The van der Waals surface area contributed by atoms with Crippen LogP contribution in [0.5, 0.6) is 5.75 Å². The van der Waals surface area contributed by atoms with Crippen molar-refractivity contribution in [3.05, 3.63) is 102 Å². The zero-order valence-electron chi connectivity index (χ0n) is 33.0. The number of alkyl carbamates (subject to hydrolysis) is 1. The average Bonchev–Trinajstić information content (AvgIpc) is 3.18. The summed E-state index contributed by atoms with van der Waals surface area (Å²) in [6.45, 7) is 3.95. The first kappa shape index (κ1) is 45.9. The van der Waals surface area contributed by atoms with Crippen LogP contribution in [0, 0.1) is 0 Å². The van der Waals surface area contributed by atoms with Crippen molar-refractivity contribution < 1.29 is 53.2 Å². The van der Waals surface area contributed by atoms with Crippen LogP contribution in [0.25, 0.3) is 0 Å². The lowest BCUT2D eigenvalue weighted by molar-refractivity contribution is -0.148. The number of unbranched alkanes of at least 4 members (excludes halogenated alkanes) is 1. The Morgan fingerprint density at radius 3 is 1.88 bits per heavy atom. The summed E-state index contributed by atoms with van der Waals surface area (Å²) in [5, 5.41) is 31.7. The highest BCUT2D eigenvalue weighted by Crippen LogP contribution is 2.21. The van der Waals surface area contributed by atoms with Crippen LogP contribution in [0.2, 0.25) is 0 Å². The molecule has 0 spiro atoms. The molecular formula is C42H53N5O11. The van der Waals surface area contributed by atoms with E-state index in [0.717, 1.165) is 11.1 Å². The summed E-state index contributed by atoms with van der Waals surface area (Å²) in [5.41, 5.74) is 1.34. The number of nitrogens with one attached hydrogen (secondary N) is 5. The molecule has 0 saturated heterocycles. The first-order chi connectivity index (χ1) is 27.6. The van der Waals surface area contributed by atoms with Crippen LogP contribution in [0.4, 0.5) is 4.79 Å². The Kier molecular flexibility index (Phi) is 18.7. The zero-order chi connectivity index (χ0) is 42.5. The maximum Gasteiger partial charge on any atom is 0.408 e. The molecule has 3 aromatic carbocycles. The molecule has 0 saturated carbocycles. The lowest BCUT2D eigenvalue weighted by atomic mass is 9.99. The fraction of sp³-hybridized carbons (Fsp3) is 0.405. The van der Waals surface area contributed by atoms with E-state index >= 15 is 0 Å². The van der Waals surface area contributed by atoms with Gasteiger partial charge < -0.3 is 46.3 Å². The Bertz CT molecular complexity index is 1780. The first-order valence-electron chi connectivity index (χ1n) is 19.0. The number of hydrogen-bond donors (Lipinski definition) is 7. The second-order valence-corrected chi connectivity index (χ2v) is 14.4. The van der Waals surface area contributed by atoms with Crippen LogP contribution in [0.3, 0.4) is 0 Å². The summed E-state index contributed by atoms with van der Waals surface area (Å²) < 4.78 is 10.5. The van der Waals surface area contributed by atoms with E-state index in [4.69, 9.17) is 14.6 Å². The Balaban J connectivity index is 1.65. The maximum atomic E-state index is 13.7. The van der Waals surface area contributed by atoms with Gasteiger partial charge in [0, 0.05) is 25.8 Å². The minimum absolute atomic E-state index is 0.000702. The van der Waals surface area contributed by atoms with E-state index in [1.807, 2.05) is 60.7 Å². The van der Waals surface area contributed by atoms with Crippen molar-refractivity contribution in [2.75, 3.05) is 19.7 Å². The number of phenolic OH excluding ortho intramolecular Hbond substituents is 1. The predicted molar refractivity (Wildman–Crippen MR) is 212 cm³/mol. The van der Waals surface area contributed by atoms with Crippen LogP contribution >= 0.6 is 0 Å². The van der Waals surface area contributed by atoms with Gasteiger partial charge in [-0.1, -0.05) is 72.8 Å². The van der Waals surface area contributed by atoms with Crippen LogP contribution < -0.4 is 26.6 Å². The number of esters is 1. The highest BCUT2D eigenvalue weighted by atomic mass is 16.6. The van der Waals surface area contributed by atoms with Crippen LogP contribution in [0.15, 0.2) is 84.9 Å². The van der Waals surface area contributed by atoms with E-state index in [0.29, 0.717) is 18.4 Å². The highest BCUT2D eigenvalue weighted by molar-refractivity contribution is 5.92. The fourth-order valence-electron chi connectivity index (χ4n) is 5.59. The molecular weight excluding hydrogens is 750 g/mol. The molecule has 7 N–H and O–H groups in total. The largest absolute Gasteiger partial charge is 0.508 e. The van der Waals surface area contributed by atoms with E-state index < -0.39 is 72.6 Å². The van der Waals surface area contributed by atoms with Crippen molar-refractivity contribution in [1.29, 1.82) is 0 Å². The van der Waals surface area contributed by atoms with Gasteiger partial charge >= 0.3 is 18.0 Å². The van der Waals surface area contributed by atoms with Gasteiger partial charge in [0.15, 0.2) is 6.61 Å². The number of rotatable bonds is 22. The topological polar surface area (TPSA) is 239 Å². The minimum atomic E-state index is -1.22. The molecule has 3 rings (SSSR count). The smallest absolute Gasteiger partial charge is 0.408 e. The third-order valence-corrected chi connectivity index (χ3v) is 8.40. The third-order valence-electron chi connectivity index (χ3n) is 8.40. The van der Waals surface area contributed by atoms with E-state index in [1.54, 1.807) is 32.9 Å². The number of ether oxygens (including phenoxy) is 2. The van der Waals surface area contributed by atoms with E-state index in [1.165, 1.54) is 12.1 Å². The average molecular weight is 804 g/mol. The van der Waals surface area contributed by atoms with Gasteiger partial charge in [-0.3, -0.25) is 28.8 Å². The van der Waals surface area contributed by atoms with Gasteiger partial charge in [0.2, 0.25) is 17.7 Å². The summed E-state index contributed by atoms with van der Waals surface area (Å²) in [6, 6.07) is 21.6. The lowest BCUT2D eigenvalue weighted by Crippen LogP contribution is -2.55. The van der Waals surface area contributed by atoms with E-state index in [9.17, 15) is 38.7 Å². The summed E-state index contributed by atoms with van der Waals surface area (Å²) in [5.74, 6) is -4.29. The van der Waals surface area contributed by atoms with Crippen LogP contribution in [-0.2, 0) is 44.7 Å². The van der Waals surface area contributed by atoms with Crippen molar-refractivity contribution in [3.8, 4) is 5.75 Å². The normalized spacial score (nSPS) is 12.0. The molecule has 0 aliphatic carbocycles. The van der Waals surface area contributed by atoms with E-state index in [-0.39, 0.29) is 50.3 Å². The summed E-state index contributed by atoms with van der Waals surface area (Å²) in [6.07, 6.45) is -0.0421. The van der Waals surface area contributed by atoms with Gasteiger partial charge in [-0.15, -0.1) is 0 Å². The number of carbonyl (C=O) groups excluding carboxylic acids is 6. The summed E-state index contributed by atoms with van der Waals surface area (Å²) in [7, 11) is 0. The van der Waals surface area contributed by atoms with Crippen molar-refractivity contribution >= 4 is 41.7 Å². The molecule has 58 heavy (non-hydrogen) atoms. The van der Waals surface area contributed by atoms with Crippen molar-refractivity contribution in [3.63, 3.8) is 0 Å². The number of aromatic hydroxyl groups is 1. The molecule has 0 aromatic heterocycles. The maximum absolute atomic E-state index is 13.7. The SMILES string of the molecule is CC(C)(C)OC(=O)N[C@@H](Cc1ccc(O)cc1)C(=O)N[C@@H](CCCCNC(=O)CCCC(=O)O)C(=O)NCC(=O)OCC(=O)NC(c1ccccc1)c1ccccc1. The van der Waals surface area contributed by atoms with Crippen molar-refractivity contribution in [2.45, 2.75) is 89.4 Å². The number of hydrogen-bond acceptors (Lipinski definition) is 10. The number of carboxylic acid groups (broad SMARTS) is 1. The number of aliphatic carboxylic acids is 1. The molecule has 0 heterocycles. The van der Waals surface area contributed by atoms with Gasteiger partial charge in [0.1, 0.15) is 30.0 Å². The van der Waals surface area contributed by atoms with Crippen LogP contribution in [-0.4, -0.2) is 89.3 Å². The molecule has 2 atom stereocenters. The minimum Gasteiger partial charge on any atom is -0.508 e. The summed E-state index contributed by atoms with van der Waals surface area (Å²) >= 11 is 0. The molecule has 3 aromatic rings. The number of carboxylic acids is 1. The molecule has 16 heteroatoms. The highest BCUT2D eigenvalue weighted by Gasteiger charge is 2.29. The number of amides is 5. The monoisotopic (exact) mass is 803 g/mol. The van der Waals surface area contributed by atoms with Crippen molar-refractivity contribution in [1.82, 2.24) is 26.6 Å². The van der Waals surface area contributed by atoms with Gasteiger partial charge in [-0.25, -0.2) is 4.79 Å². The molecule has 0 bridgehead atoms. The Hall–Kier alpha value is -6.45. The van der Waals surface area contributed by atoms with E-state index in [2.05, 4.69) is 26.6 Å². The molecule has 312 valence electrons. The molecule has 0 fully saturated rings. The first-order valence-corrected chi connectivity index (χ1v) is 19.0. The van der Waals surface area contributed by atoms with Gasteiger partial charge in [-0.2, -0.15) is 0 Å². The molecule has 0 radical (unpaired) electrons. The van der Waals surface area contributed by atoms with Gasteiger partial charge in [-0.05, 0) is 75.3 Å². The Morgan fingerprint density at radius 2 is 1.29 bits per heavy atom. The van der Waals surface area contributed by atoms with Gasteiger partial charge in [0.05, 0.1) is 6.04 Å². The third kappa shape index (κ3) is 18.0. The molecule has 5 amide bonds. The standard InChI is InChI=1S/C42H53N5O11/c1-42(2,3)58-41(56)46-33(25-28-20-22-31(48)23-21-28)40(55)45-32(17-10-11-24-43-34(49)18-12-19-36(51)52)39(54)44-26-37(53)57-27-35(50)47-38(29-13-6-4-7-14-29)30-15-8-5-9-16-30/h4-9,13-16,20-23,32-33,38,48H,10-12,17-19,24-27H2,1-3H3,(H,43,49)(H,44,54)(H,45,55)(H,46,56)(H,47,50)(H,51,52)/t32-,33-/m0/s1. The summed E-state index contributed by atoms with van der Waals surface area (Å²) in [4.78, 5) is 88.4. The molecule has 0 unspecified atom stereocenters. The quantitative estimate of drug-likeness (QED) is 0.0574. The number of carbonyl (C=O) groups is 7.